The van der Waals surface area contributed by atoms with E-state index in [0.717, 1.165) is 19.3 Å². The second-order valence-electron chi connectivity index (χ2n) is 5.40. The Morgan fingerprint density at radius 1 is 1.10 bits per heavy atom. The molecule has 1 aliphatic carbocycles. The first-order valence-electron chi connectivity index (χ1n) is 6.97. The largest absolute Gasteiger partial charge is 0.486 e. The molecule has 1 N–H and O–H groups in total. The molecular weight excluding hydrogens is 280 g/mol. The van der Waals surface area contributed by atoms with Crippen LogP contribution in [0.2, 0.25) is 5.02 Å². The second-order valence-corrected chi connectivity index (χ2v) is 5.81. The smallest absolute Gasteiger partial charge is 0.314 e. The lowest BCUT2D eigenvalue weighted by atomic mass is 9.69. The summed E-state index contributed by atoms with van der Waals surface area (Å²) in [7, 11) is 0. The van der Waals surface area contributed by atoms with Crippen LogP contribution in [-0.2, 0) is 10.2 Å². The zero-order valence-corrected chi connectivity index (χ0v) is 11.9. The van der Waals surface area contributed by atoms with Gasteiger partial charge in [0.15, 0.2) is 11.5 Å². The van der Waals surface area contributed by atoms with Crippen molar-refractivity contribution >= 4 is 17.6 Å². The van der Waals surface area contributed by atoms with Gasteiger partial charge in [0.25, 0.3) is 0 Å². The minimum atomic E-state index is -0.867. The lowest BCUT2D eigenvalue weighted by molar-refractivity contribution is -0.145. The fourth-order valence-electron chi connectivity index (χ4n) is 3.23. The van der Waals surface area contributed by atoms with Crippen LogP contribution >= 0.6 is 11.6 Å². The summed E-state index contributed by atoms with van der Waals surface area (Å²) in [5, 5.41) is 10.3. The summed E-state index contributed by atoms with van der Waals surface area (Å²) < 4.78 is 11.3. The molecular formula is C15H17ClO4. The summed E-state index contributed by atoms with van der Waals surface area (Å²) in [6.45, 7) is 0.867. The first-order chi connectivity index (χ1) is 9.65. The van der Waals surface area contributed by atoms with E-state index in [0.29, 0.717) is 48.1 Å². The maximum atomic E-state index is 11.9. The molecule has 3 rings (SSSR count). The van der Waals surface area contributed by atoms with Crippen LogP contribution in [0.4, 0.5) is 0 Å². The van der Waals surface area contributed by atoms with Crippen molar-refractivity contribution in [3.63, 3.8) is 0 Å². The molecule has 1 heterocycles. The van der Waals surface area contributed by atoms with Crippen molar-refractivity contribution < 1.29 is 19.4 Å². The summed E-state index contributed by atoms with van der Waals surface area (Å²) in [6, 6.07) is 3.50. The summed E-state index contributed by atoms with van der Waals surface area (Å²) in [5.74, 6) is 0.227. The average Bonchev–Trinajstić information content (AvgIpc) is 2.48. The summed E-state index contributed by atoms with van der Waals surface area (Å²) >= 11 is 6.13. The monoisotopic (exact) mass is 296 g/mol. The summed E-state index contributed by atoms with van der Waals surface area (Å²) in [6.07, 6.45) is 4.21. The molecule has 4 nitrogen and oxygen atoms in total. The van der Waals surface area contributed by atoms with E-state index < -0.39 is 11.4 Å². The van der Waals surface area contributed by atoms with E-state index in [4.69, 9.17) is 21.1 Å². The molecule has 1 aliphatic heterocycles. The first-order valence-corrected chi connectivity index (χ1v) is 7.35. The fraction of sp³-hybridized carbons (Fsp3) is 0.533. The Balaban J connectivity index is 2.14. The van der Waals surface area contributed by atoms with Gasteiger partial charge in [-0.15, -0.1) is 0 Å². The average molecular weight is 297 g/mol. The molecule has 2 aliphatic rings. The van der Waals surface area contributed by atoms with Gasteiger partial charge in [-0.2, -0.15) is 0 Å². The van der Waals surface area contributed by atoms with Crippen LogP contribution in [0.25, 0.3) is 0 Å². The van der Waals surface area contributed by atoms with Crippen LogP contribution in [0.3, 0.4) is 0 Å². The standard InChI is InChI=1S/C15H17ClO4/c16-11-5-4-10(12-13(11)20-9-8-19-12)15(14(17)18)6-2-1-3-7-15/h4-5H,1-3,6-9H2,(H,17,18). The van der Waals surface area contributed by atoms with E-state index in [-0.39, 0.29) is 0 Å². The number of carboxylic acid groups (broad SMARTS) is 1. The molecule has 0 amide bonds. The number of ether oxygens (including phenoxy) is 2. The molecule has 20 heavy (non-hydrogen) atoms. The van der Waals surface area contributed by atoms with Gasteiger partial charge in [0.1, 0.15) is 13.2 Å². The molecule has 1 saturated carbocycles. The van der Waals surface area contributed by atoms with Gasteiger partial charge in [-0.05, 0) is 18.9 Å². The Labute approximate surface area is 122 Å². The number of carbonyl (C=O) groups is 1. The summed E-state index contributed by atoms with van der Waals surface area (Å²) in [4.78, 5) is 11.9. The molecule has 0 atom stereocenters. The Kier molecular flexibility index (Phi) is 3.50. The van der Waals surface area contributed by atoms with Crippen LogP contribution in [0.1, 0.15) is 37.7 Å². The quantitative estimate of drug-likeness (QED) is 0.909. The number of halogens is 1. The molecule has 5 heteroatoms. The molecule has 0 unspecified atom stereocenters. The molecule has 0 spiro atoms. The van der Waals surface area contributed by atoms with Crippen LogP contribution in [-0.4, -0.2) is 24.3 Å². The predicted octanol–water partition coefficient (Wildman–Crippen LogP) is 3.40. The maximum absolute atomic E-state index is 11.9. The van der Waals surface area contributed by atoms with Crippen molar-refractivity contribution in [3.8, 4) is 11.5 Å². The molecule has 1 aromatic carbocycles. The first kappa shape index (κ1) is 13.6. The predicted molar refractivity (Wildman–Crippen MR) is 74.8 cm³/mol. The minimum Gasteiger partial charge on any atom is -0.486 e. The van der Waals surface area contributed by atoms with E-state index in [9.17, 15) is 9.90 Å². The number of benzene rings is 1. The Morgan fingerprint density at radius 3 is 2.40 bits per heavy atom. The maximum Gasteiger partial charge on any atom is 0.314 e. The number of hydrogen-bond donors (Lipinski definition) is 1. The van der Waals surface area contributed by atoms with E-state index in [1.54, 1.807) is 12.1 Å². The van der Waals surface area contributed by atoms with Gasteiger partial charge in [-0.1, -0.05) is 36.9 Å². The van der Waals surface area contributed by atoms with Crippen molar-refractivity contribution in [1.82, 2.24) is 0 Å². The third-order valence-corrected chi connectivity index (χ3v) is 4.57. The number of rotatable bonds is 2. The Morgan fingerprint density at radius 2 is 1.75 bits per heavy atom. The Bertz CT molecular complexity index is 535. The van der Waals surface area contributed by atoms with E-state index >= 15 is 0 Å². The van der Waals surface area contributed by atoms with Gasteiger partial charge < -0.3 is 14.6 Å². The highest BCUT2D eigenvalue weighted by Crippen LogP contribution is 2.49. The molecule has 0 saturated heterocycles. The minimum absolute atomic E-state index is 0.427. The number of fused-ring (bicyclic) bond motifs is 1. The van der Waals surface area contributed by atoms with Gasteiger partial charge >= 0.3 is 5.97 Å². The van der Waals surface area contributed by atoms with E-state index in [1.165, 1.54) is 0 Å². The molecule has 0 aromatic heterocycles. The molecule has 0 bridgehead atoms. The van der Waals surface area contributed by atoms with E-state index in [2.05, 4.69) is 0 Å². The van der Waals surface area contributed by atoms with Crippen LogP contribution in [0.5, 0.6) is 11.5 Å². The molecule has 1 aromatic rings. The highest BCUT2D eigenvalue weighted by Gasteiger charge is 2.44. The topological polar surface area (TPSA) is 55.8 Å². The zero-order chi connectivity index (χ0) is 14.2. The van der Waals surface area contributed by atoms with Gasteiger partial charge in [0.2, 0.25) is 0 Å². The van der Waals surface area contributed by atoms with Crippen molar-refractivity contribution in [2.75, 3.05) is 13.2 Å². The molecule has 1 fully saturated rings. The zero-order valence-electron chi connectivity index (χ0n) is 11.2. The highest BCUT2D eigenvalue weighted by molar-refractivity contribution is 6.32. The number of aliphatic carboxylic acids is 1. The lowest BCUT2D eigenvalue weighted by Crippen LogP contribution is -2.38. The van der Waals surface area contributed by atoms with Gasteiger partial charge in [-0.25, -0.2) is 0 Å². The lowest BCUT2D eigenvalue weighted by Gasteiger charge is -2.36. The fourth-order valence-corrected chi connectivity index (χ4v) is 3.44. The van der Waals surface area contributed by atoms with Crippen LogP contribution in [0.15, 0.2) is 12.1 Å². The molecule has 108 valence electrons. The number of carboxylic acids is 1. The van der Waals surface area contributed by atoms with Crippen molar-refractivity contribution in [2.24, 2.45) is 0 Å². The third kappa shape index (κ3) is 2.03. The van der Waals surface area contributed by atoms with Crippen molar-refractivity contribution in [1.29, 1.82) is 0 Å². The second kappa shape index (κ2) is 5.17. The number of hydrogen-bond acceptors (Lipinski definition) is 3. The third-order valence-electron chi connectivity index (χ3n) is 4.27. The normalized spacial score (nSPS) is 20.4. The Hall–Kier alpha value is -1.42. The van der Waals surface area contributed by atoms with Crippen LogP contribution in [0, 0.1) is 0 Å². The van der Waals surface area contributed by atoms with Crippen molar-refractivity contribution in [3.05, 3.63) is 22.7 Å². The highest BCUT2D eigenvalue weighted by atomic mass is 35.5. The summed E-state index contributed by atoms with van der Waals surface area (Å²) in [5.41, 5.74) is -0.156. The van der Waals surface area contributed by atoms with Gasteiger partial charge in [0, 0.05) is 5.56 Å². The van der Waals surface area contributed by atoms with Crippen LogP contribution < -0.4 is 9.47 Å². The van der Waals surface area contributed by atoms with Gasteiger partial charge in [0.05, 0.1) is 10.4 Å². The van der Waals surface area contributed by atoms with Crippen molar-refractivity contribution in [2.45, 2.75) is 37.5 Å². The SMILES string of the molecule is O=C(O)C1(c2ccc(Cl)c3c2OCCO3)CCCCC1. The van der Waals surface area contributed by atoms with E-state index in [1.807, 2.05) is 0 Å². The molecule has 0 radical (unpaired) electrons. The van der Waals surface area contributed by atoms with Gasteiger partial charge in [-0.3, -0.25) is 4.79 Å².